The molecule has 4 heteroatoms. The van der Waals surface area contributed by atoms with Gasteiger partial charge in [-0.05, 0) is 49.4 Å². The molecule has 1 aliphatic carbocycles. The minimum atomic E-state index is -0.703. The smallest absolute Gasteiger partial charge is 0.119 e. The lowest BCUT2D eigenvalue weighted by Gasteiger charge is -2.36. The van der Waals surface area contributed by atoms with Crippen LogP contribution in [0.2, 0.25) is 0 Å². The predicted molar refractivity (Wildman–Crippen MR) is 84.9 cm³/mol. The van der Waals surface area contributed by atoms with E-state index in [4.69, 9.17) is 4.74 Å². The zero-order valence-corrected chi connectivity index (χ0v) is 13.4. The molecule has 20 heavy (non-hydrogen) atoms. The topological polar surface area (TPSA) is 38.3 Å². The second kappa shape index (κ2) is 7.23. The van der Waals surface area contributed by atoms with Crippen molar-refractivity contribution < 1.29 is 8.95 Å². The van der Waals surface area contributed by atoms with Crippen molar-refractivity contribution in [2.45, 2.75) is 43.4 Å². The molecule has 0 spiro atoms. The van der Waals surface area contributed by atoms with Crippen molar-refractivity contribution in [3.63, 3.8) is 0 Å². The zero-order chi connectivity index (χ0) is 14.5. The molecule has 1 N–H and O–H groups in total. The van der Waals surface area contributed by atoms with Gasteiger partial charge in [-0.15, -0.1) is 0 Å². The number of rotatable bonds is 7. The number of methoxy groups -OCH3 is 1. The van der Waals surface area contributed by atoms with Gasteiger partial charge in [-0.1, -0.05) is 19.1 Å². The SMILES string of the molecule is COc1cccc(C2CC(NCCC(C)S(C)=O)C2)c1. The molecule has 1 aromatic carbocycles. The predicted octanol–water partition coefficient (Wildman–Crippen LogP) is 2.69. The van der Waals surface area contributed by atoms with Crippen molar-refractivity contribution >= 4 is 10.8 Å². The highest BCUT2D eigenvalue weighted by molar-refractivity contribution is 7.84. The van der Waals surface area contributed by atoms with Gasteiger partial charge in [-0.25, -0.2) is 0 Å². The van der Waals surface area contributed by atoms with Gasteiger partial charge in [0.2, 0.25) is 0 Å². The van der Waals surface area contributed by atoms with Crippen LogP contribution < -0.4 is 10.1 Å². The van der Waals surface area contributed by atoms with E-state index in [1.807, 2.05) is 6.07 Å². The number of hydrogen-bond donors (Lipinski definition) is 1. The summed E-state index contributed by atoms with van der Waals surface area (Å²) in [6.45, 7) is 3.02. The van der Waals surface area contributed by atoms with E-state index in [9.17, 15) is 4.21 Å². The van der Waals surface area contributed by atoms with Gasteiger partial charge in [0.05, 0.1) is 7.11 Å². The van der Waals surface area contributed by atoms with Crippen LogP contribution in [0.15, 0.2) is 24.3 Å². The molecule has 1 aromatic rings. The molecule has 1 saturated carbocycles. The summed E-state index contributed by atoms with van der Waals surface area (Å²) in [4.78, 5) is 0. The molecule has 0 amide bonds. The van der Waals surface area contributed by atoms with Crippen molar-refractivity contribution in [3.05, 3.63) is 29.8 Å². The normalized spacial score (nSPS) is 24.8. The molecular weight excluding hydrogens is 270 g/mol. The third kappa shape index (κ3) is 4.06. The largest absolute Gasteiger partial charge is 0.497 e. The second-order valence-electron chi connectivity index (χ2n) is 5.69. The minimum absolute atomic E-state index is 0.289. The van der Waals surface area contributed by atoms with Crippen LogP contribution in [0.5, 0.6) is 5.75 Å². The summed E-state index contributed by atoms with van der Waals surface area (Å²) in [5, 5.41) is 3.86. The van der Waals surface area contributed by atoms with Gasteiger partial charge in [0.25, 0.3) is 0 Å². The number of benzene rings is 1. The second-order valence-corrected chi connectivity index (χ2v) is 7.50. The standard InChI is InChI=1S/C16H25NO2S/c1-12(20(3)18)7-8-17-15-9-14(10-15)13-5-4-6-16(11-13)19-2/h4-6,11-12,14-15,17H,7-10H2,1-3H3. The van der Waals surface area contributed by atoms with Crippen LogP contribution in [0.25, 0.3) is 0 Å². The Kier molecular flexibility index (Phi) is 5.61. The zero-order valence-electron chi connectivity index (χ0n) is 12.6. The summed E-state index contributed by atoms with van der Waals surface area (Å²) in [7, 11) is 1.01. The first kappa shape index (κ1) is 15.5. The van der Waals surface area contributed by atoms with E-state index in [2.05, 4.69) is 30.4 Å². The molecule has 2 unspecified atom stereocenters. The van der Waals surface area contributed by atoms with Gasteiger partial charge in [0.1, 0.15) is 5.75 Å². The molecule has 2 rings (SSSR count). The highest BCUT2D eigenvalue weighted by Gasteiger charge is 2.29. The highest BCUT2D eigenvalue weighted by atomic mass is 32.2. The van der Waals surface area contributed by atoms with E-state index in [1.54, 1.807) is 13.4 Å². The Morgan fingerprint density at radius 2 is 2.20 bits per heavy atom. The molecule has 1 fully saturated rings. The lowest BCUT2D eigenvalue weighted by Crippen LogP contribution is -2.41. The van der Waals surface area contributed by atoms with E-state index in [1.165, 1.54) is 18.4 Å². The summed E-state index contributed by atoms with van der Waals surface area (Å²) in [6.07, 6.45) is 5.16. The maximum Gasteiger partial charge on any atom is 0.119 e. The van der Waals surface area contributed by atoms with Crippen molar-refractivity contribution in [1.29, 1.82) is 0 Å². The molecule has 0 bridgehead atoms. The first-order valence-electron chi connectivity index (χ1n) is 7.29. The fourth-order valence-corrected chi connectivity index (χ4v) is 3.06. The summed E-state index contributed by atoms with van der Waals surface area (Å²) in [6, 6.07) is 9.00. The third-order valence-electron chi connectivity index (χ3n) is 4.25. The van der Waals surface area contributed by atoms with Crippen LogP contribution in [-0.2, 0) is 10.8 Å². The Hall–Kier alpha value is -0.870. The van der Waals surface area contributed by atoms with Gasteiger partial charge in [0.15, 0.2) is 0 Å². The van der Waals surface area contributed by atoms with Crippen molar-refractivity contribution in [1.82, 2.24) is 5.32 Å². The van der Waals surface area contributed by atoms with Crippen molar-refractivity contribution in [2.75, 3.05) is 19.9 Å². The van der Waals surface area contributed by atoms with Crippen molar-refractivity contribution in [2.24, 2.45) is 0 Å². The molecule has 0 aromatic heterocycles. The summed E-state index contributed by atoms with van der Waals surface area (Å²) < 4.78 is 16.5. The molecule has 0 saturated heterocycles. The average Bonchev–Trinajstić information content (AvgIpc) is 2.40. The van der Waals surface area contributed by atoms with E-state index < -0.39 is 10.8 Å². The Morgan fingerprint density at radius 1 is 1.45 bits per heavy atom. The summed E-state index contributed by atoms with van der Waals surface area (Å²) in [5.41, 5.74) is 1.38. The first-order chi connectivity index (χ1) is 9.60. The van der Waals surface area contributed by atoms with Gasteiger partial charge >= 0.3 is 0 Å². The van der Waals surface area contributed by atoms with E-state index in [-0.39, 0.29) is 5.25 Å². The van der Waals surface area contributed by atoms with Crippen LogP contribution in [0.3, 0.4) is 0 Å². The molecule has 0 radical (unpaired) electrons. The van der Waals surface area contributed by atoms with Gasteiger partial charge in [-0.2, -0.15) is 0 Å². The number of hydrogen-bond acceptors (Lipinski definition) is 3. The third-order valence-corrected chi connectivity index (χ3v) is 5.62. The molecular formula is C16H25NO2S. The highest BCUT2D eigenvalue weighted by Crippen LogP contribution is 2.37. The molecule has 2 atom stereocenters. The van der Waals surface area contributed by atoms with E-state index in [0.29, 0.717) is 12.0 Å². The average molecular weight is 295 g/mol. The van der Waals surface area contributed by atoms with Crippen LogP contribution >= 0.6 is 0 Å². The quantitative estimate of drug-likeness (QED) is 0.840. The Morgan fingerprint density at radius 3 is 2.85 bits per heavy atom. The van der Waals surface area contributed by atoms with Gasteiger partial charge in [-0.3, -0.25) is 4.21 Å². The van der Waals surface area contributed by atoms with Gasteiger partial charge in [0, 0.05) is 28.3 Å². The first-order valence-corrected chi connectivity index (χ1v) is 8.92. The lowest BCUT2D eigenvalue weighted by atomic mass is 9.76. The monoisotopic (exact) mass is 295 g/mol. The van der Waals surface area contributed by atoms with E-state index in [0.717, 1.165) is 18.7 Å². The summed E-state index contributed by atoms with van der Waals surface area (Å²) in [5.74, 6) is 1.60. The lowest BCUT2D eigenvalue weighted by molar-refractivity contribution is 0.290. The maximum absolute atomic E-state index is 11.3. The fourth-order valence-electron chi connectivity index (χ4n) is 2.61. The molecule has 112 valence electrons. The molecule has 0 aliphatic heterocycles. The minimum Gasteiger partial charge on any atom is -0.497 e. The maximum atomic E-state index is 11.3. The summed E-state index contributed by atoms with van der Waals surface area (Å²) >= 11 is 0. The van der Waals surface area contributed by atoms with E-state index >= 15 is 0 Å². The molecule has 0 heterocycles. The Labute approximate surface area is 124 Å². The van der Waals surface area contributed by atoms with Crippen LogP contribution in [0, 0.1) is 0 Å². The molecule has 1 aliphatic rings. The Balaban J connectivity index is 1.70. The number of ether oxygens (including phenoxy) is 1. The van der Waals surface area contributed by atoms with Gasteiger partial charge < -0.3 is 10.1 Å². The Bertz CT molecular complexity index is 458. The van der Waals surface area contributed by atoms with Crippen LogP contribution in [0.4, 0.5) is 0 Å². The number of nitrogens with one attached hydrogen (secondary N) is 1. The van der Waals surface area contributed by atoms with Crippen molar-refractivity contribution in [3.8, 4) is 5.75 Å². The van der Waals surface area contributed by atoms with Crippen LogP contribution in [-0.4, -0.2) is 35.4 Å². The molecule has 3 nitrogen and oxygen atoms in total. The fraction of sp³-hybridized carbons (Fsp3) is 0.625. The van der Waals surface area contributed by atoms with Crippen LogP contribution in [0.1, 0.15) is 37.7 Å².